The van der Waals surface area contributed by atoms with Gasteiger partial charge in [0.1, 0.15) is 5.84 Å². The first kappa shape index (κ1) is 3.40. The summed E-state index contributed by atoms with van der Waals surface area (Å²) >= 11 is 0. The lowest BCUT2D eigenvalue weighted by molar-refractivity contribution is 1.32. The van der Waals surface area contributed by atoms with Gasteiger partial charge in [-0.3, -0.25) is 0 Å². The molecule has 1 aliphatic heterocycles. The standard InChI is InChI=1S/C4H6N2/c1-3-2-6-4(3)5/h2H,1H3,(H2,5,6). The molecule has 0 aromatic rings. The van der Waals surface area contributed by atoms with Crippen LogP contribution in [-0.2, 0) is 0 Å². The van der Waals surface area contributed by atoms with Gasteiger partial charge in [0.05, 0.1) is 0 Å². The van der Waals surface area contributed by atoms with E-state index in [1.54, 1.807) is 6.20 Å². The number of aliphatic imine (C=N–C) groups is 1. The molecule has 0 saturated carbocycles. The third-order valence-electron chi connectivity index (χ3n) is 0.801. The Kier molecular flexibility index (Phi) is 0.473. The summed E-state index contributed by atoms with van der Waals surface area (Å²) in [6, 6.07) is 0. The van der Waals surface area contributed by atoms with Gasteiger partial charge in [0, 0.05) is 11.8 Å². The zero-order chi connectivity index (χ0) is 4.57. The normalized spacial score (nSPS) is 18.2. The van der Waals surface area contributed by atoms with E-state index in [4.69, 9.17) is 5.73 Å². The molecule has 0 aliphatic carbocycles. The second-order valence-corrected chi connectivity index (χ2v) is 1.33. The molecule has 2 nitrogen and oxygen atoms in total. The van der Waals surface area contributed by atoms with Crippen molar-refractivity contribution < 1.29 is 0 Å². The van der Waals surface area contributed by atoms with E-state index in [-0.39, 0.29) is 0 Å². The Labute approximate surface area is 36.4 Å². The van der Waals surface area contributed by atoms with E-state index in [1.807, 2.05) is 6.92 Å². The molecule has 0 saturated heterocycles. The third kappa shape index (κ3) is 0.233. The van der Waals surface area contributed by atoms with E-state index in [0.717, 1.165) is 5.57 Å². The lowest BCUT2D eigenvalue weighted by Crippen LogP contribution is -2.17. The van der Waals surface area contributed by atoms with Crippen LogP contribution in [-0.4, -0.2) is 5.84 Å². The van der Waals surface area contributed by atoms with Gasteiger partial charge >= 0.3 is 0 Å². The predicted molar refractivity (Wildman–Crippen MR) is 25.4 cm³/mol. The first-order valence-electron chi connectivity index (χ1n) is 1.81. The van der Waals surface area contributed by atoms with Gasteiger partial charge < -0.3 is 5.73 Å². The Morgan fingerprint density at radius 2 is 2.33 bits per heavy atom. The molecule has 0 spiro atoms. The molecule has 0 aromatic heterocycles. The number of nitrogens with zero attached hydrogens (tertiary/aromatic N) is 1. The topological polar surface area (TPSA) is 38.4 Å². The minimum atomic E-state index is 0.676. The molecule has 32 valence electrons. The number of nitrogens with two attached hydrogens (primary N) is 1. The molecule has 0 aromatic carbocycles. The van der Waals surface area contributed by atoms with Crippen LogP contribution in [0.1, 0.15) is 6.92 Å². The van der Waals surface area contributed by atoms with Gasteiger partial charge in [0.25, 0.3) is 0 Å². The lowest BCUT2D eigenvalue weighted by atomic mass is 10.2. The summed E-state index contributed by atoms with van der Waals surface area (Å²) in [6.45, 7) is 1.93. The molecule has 0 bridgehead atoms. The van der Waals surface area contributed by atoms with Gasteiger partial charge in [-0.05, 0) is 6.92 Å². The fourth-order valence-electron chi connectivity index (χ4n) is 0.268. The van der Waals surface area contributed by atoms with Crippen molar-refractivity contribution in [3.8, 4) is 0 Å². The minimum Gasteiger partial charge on any atom is -0.383 e. The highest BCUT2D eigenvalue weighted by Crippen LogP contribution is 2.01. The van der Waals surface area contributed by atoms with E-state index in [2.05, 4.69) is 4.99 Å². The summed E-state index contributed by atoms with van der Waals surface area (Å²) in [5, 5.41) is 0. The van der Waals surface area contributed by atoms with Crippen LogP contribution in [0.5, 0.6) is 0 Å². The van der Waals surface area contributed by atoms with Gasteiger partial charge in [-0.15, -0.1) is 0 Å². The Morgan fingerprint density at radius 1 is 1.83 bits per heavy atom. The van der Waals surface area contributed by atoms with E-state index in [1.165, 1.54) is 0 Å². The summed E-state index contributed by atoms with van der Waals surface area (Å²) in [5.74, 6) is 0.676. The van der Waals surface area contributed by atoms with Gasteiger partial charge in [-0.1, -0.05) is 0 Å². The zero-order valence-corrected chi connectivity index (χ0v) is 3.60. The fourth-order valence-corrected chi connectivity index (χ4v) is 0.268. The van der Waals surface area contributed by atoms with Crippen molar-refractivity contribution in [2.24, 2.45) is 10.7 Å². The number of hydrogen-bond donors (Lipinski definition) is 1. The zero-order valence-electron chi connectivity index (χ0n) is 3.60. The maximum absolute atomic E-state index is 5.20. The van der Waals surface area contributed by atoms with E-state index < -0.39 is 0 Å². The molecule has 1 heterocycles. The maximum atomic E-state index is 5.20. The molecular weight excluding hydrogens is 76.1 g/mol. The van der Waals surface area contributed by atoms with Crippen molar-refractivity contribution in [2.45, 2.75) is 6.92 Å². The molecule has 0 radical (unpaired) electrons. The Morgan fingerprint density at radius 3 is 2.33 bits per heavy atom. The quantitative estimate of drug-likeness (QED) is 0.447. The molecule has 0 unspecified atom stereocenters. The minimum absolute atomic E-state index is 0.676. The van der Waals surface area contributed by atoms with Crippen LogP contribution in [0.4, 0.5) is 0 Å². The second-order valence-electron chi connectivity index (χ2n) is 1.33. The first-order chi connectivity index (χ1) is 2.80. The molecule has 2 heteroatoms. The predicted octanol–water partition coefficient (Wildman–Crippen LogP) is 0.261. The van der Waals surface area contributed by atoms with Crippen LogP contribution in [0.3, 0.4) is 0 Å². The largest absolute Gasteiger partial charge is 0.383 e. The molecule has 6 heavy (non-hydrogen) atoms. The average Bonchev–Trinajstić information content (AvgIpc) is 1.61. The number of rotatable bonds is 0. The molecule has 1 rings (SSSR count). The molecule has 0 amide bonds. The third-order valence-corrected chi connectivity index (χ3v) is 0.801. The van der Waals surface area contributed by atoms with Gasteiger partial charge in [0.2, 0.25) is 0 Å². The van der Waals surface area contributed by atoms with Crippen LogP contribution in [0.25, 0.3) is 0 Å². The summed E-state index contributed by atoms with van der Waals surface area (Å²) in [5.41, 5.74) is 6.30. The molecule has 0 atom stereocenters. The highest BCUT2D eigenvalue weighted by Gasteiger charge is 1.99. The smallest absolute Gasteiger partial charge is 0.127 e. The van der Waals surface area contributed by atoms with Crippen LogP contribution >= 0.6 is 0 Å². The second kappa shape index (κ2) is 0.834. The fraction of sp³-hybridized carbons (Fsp3) is 0.250. The SMILES string of the molecule is CC1=CN=C1N. The van der Waals surface area contributed by atoms with Crippen molar-refractivity contribution >= 4 is 5.84 Å². The van der Waals surface area contributed by atoms with Crippen LogP contribution in [0, 0.1) is 0 Å². The van der Waals surface area contributed by atoms with Crippen molar-refractivity contribution in [3.63, 3.8) is 0 Å². The van der Waals surface area contributed by atoms with Crippen LogP contribution in [0.15, 0.2) is 16.8 Å². The number of amidine groups is 1. The first-order valence-corrected chi connectivity index (χ1v) is 1.81. The van der Waals surface area contributed by atoms with Crippen molar-refractivity contribution in [2.75, 3.05) is 0 Å². The molecule has 1 aliphatic rings. The average molecular weight is 82.1 g/mol. The van der Waals surface area contributed by atoms with Crippen molar-refractivity contribution in [1.82, 2.24) is 0 Å². The monoisotopic (exact) mass is 82.1 g/mol. The molecular formula is C4H6N2. The number of hydrogen-bond acceptors (Lipinski definition) is 2. The van der Waals surface area contributed by atoms with E-state index in [9.17, 15) is 0 Å². The van der Waals surface area contributed by atoms with Gasteiger partial charge in [0.15, 0.2) is 0 Å². The molecule has 2 N–H and O–H groups in total. The summed E-state index contributed by atoms with van der Waals surface area (Å²) < 4.78 is 0. The Hall–Kier alpha value is -0.790. The van der Waals surface area contributed by atoms with Gasteiger partial charge in [-0.2, -0.15) is 0 Å². The Balaban J connectivity index is 2.63. The van der Waals surface area contributed by atoms with E-state index in [0.29, 0.717) is 5.84 Å². The maximum Gasteiger partial charge on any atom is 0.127 e. The van der Waals surface area contributed by atoms with Crippen molar-refractivity contribution in [1.29, 1.82) is 0 Å². The lowest BCUT2D eigenvalue weighted by Gasteiger charge is -2.03. The summed E-state index contributed by atoms with van der Waals surface area (Å²) in [7, 11) is 0. The summed E-state index contributed by atoms with van der Waals surface area (Å²) in [4.78, 5) is 3.68. The van der Waals surface area contributed by atoms with Crippen LogP contribution < -0.4 is 5.73 Å². The van der Waals surface area contributed by atoms with Crippen molar-refractivity contribution in [3.05, 3.63) is 11.8 Å². The summed E-state index contributed by atoms with van der Waals surface area (Å²) in [6.07, 6.45) is 1.75. The van der Waals surface area contributed by atoms with Gasteiger partial charge in [-0.25, -0.2) is 4.99 Å². The molecule has 0 fully saturated rings. The Bertz CT molecular complexity index is 106. The van der Waals surface area contributed by atoms with Crippen LogP contribution in [0.2, 0.25) is 0 Å². The van der Waals surface area contributed by atoms with E-state index >= 15 is 0 Å². The highest BCUT2D eigenvalue weighted by atomic mass is 14.9. The highest BCUT2D eigenvalue weighted by molar-refractivity contribution is 6.00.